The van der Waals surface area contributed by atoms with Crippen LogP contribution in [-0.2, 0) is 47.9 Å². The van der Waals surface area contributed by atoms with Crippen molar-refractivity contribution in [1.82, 2.24) is 47.9 Å². The van der Waals surface area contributed by atoms with E-state index in [1.165, 1.54) is 6.92 Å². The molecule has 0 saturated carbocycles. The fraction of sp³-hybridized carbons (Fsp3) is 0.756. The van der Waals surface area contributed by atoms with E-state index in [-0.39, 0.29) is 43.6 Å². The third-order valence-corrected chi connectivity index (χ3v) is 9.52. The maximum absolute atomic E-state index is 13.7. The van der Waals surface area contributed by atoms with Crippen LogP contribution in [0.15, 0.2) is 0 Å². The van der Waals surface area contributed by atoms with Crippen molar-refractivity contribution >= 4 is 59.1 Å². The molecular weight excluding hydrogens is 841 g/mol. The number of carboxylic acids is 1. The Morgan fingerprint density at radius 2 is 0.750 bits per heavy atom. The molecule has 0 aromatic rings. The number of aliphatic hydroxyl groups is 2. The van der Waals surface area contributed by atoms with Gasteiger partial charge in [-0.1, -0.05) is 69.2 Å². The maximum atomic E-state index is 13.7. The van der Waals surface area contributed by atoms with Gasteiger partial charge in [-0.2, -0.15) is 0 Å². The number of carboxylic acid groups (broad SMARTS) is 1. The van der Waals surface area contributed by atoms with Crippen LogP contribution in [0.4, 0.5) is 0 Å². The van der Waals surface area contributed by atoms with E-state index in [4.69, 9.17) is 10.8 Å². The first kappa shape index (κ1) is 58.6. The van der Waals surface area contributed by atoms with Crippen LogP contribution in [0.1, 0.15) is 95.4 Å². The summed E-state index contributed by atoms with van der Waals surface area (Å²) in [5.74, 6) is -10.0. The number of amides is 9. The molecule has 0 spiro atoms. The number of carbonyl (C=O) groups is 10. The number of carbonyl (C=O) groups excluding carboxylic acids is 9. The molecule has 0 aliphatic carbocycles. The summed E-state index contributed by atoms with van der Waals surface area (Å²) in [7, 11) is 0. The Balaban J connectivity index is 5.89. The molecular formula is C41H74N10O13. The van der Waals surface area contributed by atoms with E-state index in [0.29, 0.717) is 0 Å². The SMILES string of the molecule is CC(C)C[C@H](NC(=O)CN)C(=O)N[C@@H](CC(C)C)C(=O)N[C@@H](CO)C(=O)N[C@H](C(=O)N[C@@H](CC(C)C)C(=O)NCC(=O)N[C@@H](CO)C(=O)N[C@H](C(=O)N[C@@H](C)C(=O)O)C(C)C)C(C)C. The van der Waals surface area contributed by atoms with Crippen LogP contribution in [-0.4, -0.2) is 149 Å². The Labute approximate surface area is 375 Å². The van der Waals surface area contributed by atoms with E-state index in [1.807, 2.05) is 13.8 Å². The summed E-state index contributed by atoms with van der Waals surface area (Å²) in [5, 5.41) is 51.1. The fourth-order valence-corrected chi connectivity index (χ4v) is 6.03. The summed E-state index contributed by atoms with van der Waals surface area (Å²) in [5.41, 5.74) is 5.41. The van der Waals surface area contributed by atoms with Gasteiger partial charge in [0, 0.05) is 0 Å². The summed E-state index contributed by atoms with van der Waals surface area (Å²) in [4.78, 5) is 129. The number of hydrogen-bond donors (Lipinski definition) is 13. The highest BCUT2D eigenvalue weighted by atomic mass is 16.4. The van der Waals surface area contributed by atoms with Gasteiger partial charge in [0.05, 0.1) is 26.3 Å². The van der Waals surface area contributed by atoms with Crippen LogP contribution in [0.5, 0.6) is 0 Å². The monoisotopic (exact) mass is 915 g/mol. The molecule has 0 heterocycles. The lowest BCUT2D eigenvalue weighted by Gasteiger charge is -2.28. The highest BCUT2D eigenvalue weighted by molar-refractivity contribution is 5.98. The highest BCUT2D eigenvalue weighted by Crippen LogP contribution is 2.11. The van der Waals surface area contributed by atoms with Crippen LogP contribution in [0, 0.1) is 29.6 Å². The number of nitrogens with two attached hydrogens (primary N) is 1. The van der Waals surface area contributed by atoms with Gasteiger partial charge in [0.15, 0.2) is 0 Å². The van der Waals surface area contributed by atoms with Gasteiger partial charge in [-0.05, 0) is 55.8 Å². The topological polar surface area (TPSA) is 366 Å². The van der Waals surface area contributed by atoms with E-state index < -0.39 is 139 Å². The zero-order valence-corrected chi connectivity index (χ0v) is 39.0. The van der Waals surface area contributed by atoms with E-state index in [1.54, 1.807) is 55.4 Å². The fourth-order valence-electron chi connectivity index (χ4n) is 6.03. The normalized spacial score (nSPS) is 15.1. The Hall–Kier alpha value is -5.42. The van der Waals surface area contributed by atoms with Crippen LogP contribution in [0.3, 0.4) is 0 Å². The Kier molecular flexibility index (Phi) is 26.6. The van der Waals surface area contributed by atoms with Crippen LogP contribution in [0.2, 0.25) is 0 Å². The van der Waals surface area contributed by atoms with Gasteiger partial charge in [-0.3, -0.25) is 47.9 Å². The molecule has 0 aromatic heterocycles. The largest absolute Gasteiger partial charge is 0.480 e. The Morgan fingerprint density at radius 1 is 0.422 bits per heavy atom. The first-order valence-corrected chi connectivity index (χ1v) is 21.5. The molecule has 23 nitrogen and oxygen atoms in total. The zero-order chi connectivity index (χ0) is 49.6. The van der Waals surface area contributed by atoms with Crippen molar-refractivity contribution < 1.29 is 63.3 Å². The first-order chi connectivity index (χ1) is 29.7. The third-order valence-electron chi connectivity index (χ3n) is 9.52. The van der Waals surface area contributed by atoms with Crippen molar-refractivity contribution in [3.8, 4) is 0 Å². The highest BCUT2D eigenvalue weighted by Gasteiger charge is 2.35. The van der Waals surface area contributed by atoms with Gasteiger partial charge < -0.3 is 68.9 Å². The molecule has 0 fully saturated rings. The summed E-state index contributed by atoms with van der Waals surface area (Å²) < 4.78 is 0. The predicted molar refractivity (Wildman–Crippen MR) is 233 cm³/mol. The summed E-state index contributed by atoms with van der Waals surface area (Å²) in [6.07, 6.45) is 0.448. The van der Waals surface area contributed by atoms with E-state index in [9.17, 15) is 58.2 Å². The molecule has 64 heavy (non-hydrogen) atoms. The van der Waals surface area contributed by atoms with Gasteiger partial charge in [-0.15, -0.1) is 0 Å². The molecule has 0 unspecified atom stereocenters. The molecule has 8 atom stereocenters. The molecule has 0 bridgehead atoms. The Bertz CT molecular complexity index is 1610. The van der Waals surface area contributed by atoms with Gasteiger partial charge in [0.2, 0.25) is 53.2 Å². The van der Waals surface area contributed by atoms with Crippen molar-refractivity contribution in [3.63, 3.8) is 0 Å². The van der Waals surface area contributed by atoms with Gasteiger partial charge in [-0.25, -0.2) is 0 Å². The number of nitrogens with one attached hydrogen (secondary N) is 9. The quantitative estimate of drug-likeness (QED) is 0.0346. The predicted octanol–water partition coefficient (Wildman–Crippen LogP) is -3.52. The summed E-state index contributed by atoms with van der Waals surface area (Å²) in [6, 6.07) is -10.3. The molecule has 0 aliphatic heterocycles. The van der Waals surface area contributed by atoms with E-state index >= 15 is 0 Å². The number of hydrogen-bond acceptors (Lipinski definition) is 13. The smallest absolute Gasteiger partial charge is 0.325 e. The lowest BCUT2D eigenvalue weighted by atomic mass is 9.99. The second-order valence-corrected chi connectivity index (χ2v) is 17.6. The molecule has 366 valence electrons. The first-order valence-electron chi connectivity index (χ1n) is 21.5. The van der Waals surface area contributed by atoms with Crippen molar-refractivity contribution in [3.05, 3.63) is 0 Å². The summed E-state index contributed by atoms with van der Waals surface area (Å²) >= 11 is 0. The third kappa shape index (κ3) is 21.8. The van der Waals surface area contributed by atoms with E-state index in [2.05, 4.69) is 47.9 Å². The van der Waals surface area contributed by atoms with Crippen molar-refractivity contribution in [2.45, 2.75) is 144 Å². The van der Waals surface area contributed by atoms with Crippen LogP contribution in [0.25, 0.3) is 0 Å². The van der Waals surface area contributed by atoms with Crippen molar-refractivity contribution in [1.29, 1.82) is 0 Å². The van der Waals surface area contributed by atoms with Crippen molar-refractivity contribution in [2.24, 2.45) is 35.3 Å². The summed E-state index contributed by atoms with van der Waals surface area (Å²) in [6.45, 7) is 15.6. The maximum Gasteiger partial charge on any atom is 0.325 e. The average Bonchev–Trinajstić information content (AvgIpc) is 3.19. The molecule has 0 rings (SSSR count). The number of rotatable bonds is 29. The molecule has 23 heteroatoms. The molecule has 9 amide bonds. The lowest BCUT2D eigenvalue weighted by molar-refractivity contribution is -0.142. The number of aliphatic carboxylic acids is 1. The second kappa shape index (κ2) is 29.1. The van der Waals surface area contributed by atoms with Crippen LogP contribution < -0.4 is 53.6 Å². The van der Waals surface area contributed by atoms with Gasteiger partial charge in [0.25, 0.3) is 0 Å². The van der Waals surface area contributed by atoms with Crippen molar-refractivity contribution in [2.75, 3.05) is 26.3 Å². The van der Waals surface area contributed by atoms with Crippen LogP contribution >= 0.6 is 0 Å². The molecule has 0 radical (unpaired) electrons. The average molecular weight is 915 g/mol. The minimum absolute atomic E-state index is 0.0128. The molecule has 0 aromatic carbocycles. The standard InChI is InChI=1S/C41H74N10O13/c1-19(2)12-25(34(56)43-16-31(55)46-28(17-52)37(59)50-32(22(7)8)39(61)44-24(11)41(63)64)48-40(62)33(23(9)10)51-38(60)29(18-53)49-36(58)27(14-21(5)6)47-35(57)26(13-20(3)4)45-30(54)15-42/h19-29,32-33,52-53H,12-18,42H2,1-11H3,(H,43,56)(H,44,61)(H,45,54)(H,46,55)(H,47,57)(H,48,62)(H,49,58)(H,50,59)(H,51,60)(H,63,64)/t24-,25-,26-,27-,28-,29-,32-,33-/m0/s1. The minimum Gasteiger partial charge on any atom is -0.480 e. The minimum atomic E-state index is -1.58. The molecule has 0 aliphatic rings. The zero-order valence-electron chi connectivity index (χ0n) is 39.0. The molecule has 14 N–H and O–H groups in total. The molecule has 0 saturated heterocycles. The number of aliphatic hydroxyl groups excluding tert-OH is 2. The van der Waals surface area contributed by atoms with E-state index in [0.717, 1.165) is 0 Å². The van der Waals surface area contributed by atoms with Gasteiger partial charge in [0.1, 0.15) is 48.3 Å². The lowest BCUT2D eigenvalue weighted by Crippen LogP contribution is -2.61. The Morgan fingerprint density at radius 3 is 1.12 bits per heavy atom. The second-order valence-electron chi connectivity index (χ2n) is 17.6. The van der Waals surface area contributed by atoms with Gasteiger partial charge >= 0.3 is 5.97 Å².